The minimum atomic E-state index is -0.155. The van der Waals surface area contributed by atoms with Crippen LogP contribution in [0.25, 0.3) is 0 Å². The summed E-state index contributed by atoms with van der Waals surface area (Å²) < 4.78 is 12.1. The number of rotatable bonds is 3. The van der Waals surface area contributed by atoms with Crippen LogP contribution < -0.4 is 10.1 Å². The molecule has 2 saturated heterocycles. The fraction of sp³-hybridized carbons (Fsp3) is 0.429. The summed E-state index contributed by atoms with van der Waals surface area (Å²) in [5, 5.41) is 4.45. The predicted octanol–water partition coefficient (Wildman–Crippen LogP) is 4.72. The Balaban J connectivity index is 1.64. The van der Waals surface area contributed by atoms with Crippen molar-refractivity contribution in [3.63, 3.8) is 0 Å². The third kappa shape index (κ3) is 3.17. The van der Waals surface area contributed by atoms with Crippen LogP contribution in [0.4, 0.5) is 0 Å². The van der Waals surface area contributed by atoms with Crippen LogP contribution >= 0.6 is 11.6 Å². The maximum atomic E-state index is 6.49. The van der Waals surface area contributed by atoms with Crippen molar-refractivity contribution in [2.75, 3.05) is 20.3 Å². The average Bonchev–Trinajstić information content (AvgIpc) is 3.07. The highest BCUT2D eigenvalue weighted by Gasteiger charge is 2.49. The summed E-state index contributed by atoms with van der Waals surface area (Å²) in [6, 6.07) is 16.8. The topological polar surface area (TPSA) is 30.5 Å². The van der Waals surface area contributed by atoms with E-state index in [-0.39, 0.29) is 11.6 Å². The van der Waals surface area contributed by atoms with Gasteiger partial charge in [-0.2, -0.15) is 0 Å². The molecule has 2 heterocycles. The largest absolute Gasteiger partial charge is 0.496 e. The Morgan fingerprint density at radius 3 is 2.84 bits per heavy atom. The number of ether oxygens (including phenoxy) is 2. The molecule has 1 N–H and O–H groups in total. The summed E-state index contributed by atoms with van der Waals surface area (Å²) in [6.07, 6.45) is 3.21. The van der Waals surface area contributed by atoms with E-state index in [9.17, 15) is 0 Å². The van der Waals surface area contributed by atoms with Gasteiger partial charge in [0.2, 0.25) is 0 Å². The normalized spacial score (nSPS) is 29.0. The van der Waals surface area contributed by atoms with Crippen LogP contribution in [0.2, 0.25) is 5.02 Å². The second-order valence-corrected chi connectivity index (χ2v) is 7.50. The molecular formula is C21H24ClNO2. The molecule has 2 fully saturated rings. The van der Waals surface area contributed by atoms with Crippen LogP contribution in [0.1, 0.15) is 42.3 Å². The van der Waals surface area contributed by atoms with Crippen LogP contribution in [-0.4, -0.2) is 25.9 Å². The molecule has 0 aromatic heterocycles. The molecule has 0 aliphatic carbocycles. The Kier molecular flexibility index (Phi) is 4.72. The van der Waals surface area contributed by atoms with Crippen LogP contribution in [0.15, 0.2) is 48.5 Å². The first-order valence-electron chi connectivity index (χ1n) is 8.97. The first-order valence-corrected chi connectivity index (χ1v) is 9.35. The summed E-state index contributed by atoms with van der Waals surface area (Å²) in [4.78, 5) is 0. The third-order valence-electron chi connectivity index (χ3n) is 5.58. The molecule has 25 heavy (non-hydrogen) atoms. The van der Waals surface area contributed by atoms with Crippen molar-refractivity contribution in [1.82, 2.24) is 5.32 Å². The van der Waals surface area contributed by atoms with E-state index in [1.807, 2.05) is 18.2 Å². The monoisotopic (exact) mass is 357 g/mol. The van der Waals surface area contributed by atoms with Crippen LogP contribution in [0, 0.1) is 0 Å². The molecule has 2 aromatic rings. The van der Waals surface area contributed by atoms with Crippen molar-refractivity contribution in [2.45, 2.75) is 36.8 Å². The number of hydrogen-bond acceptors (Lipinski definition) is 3. The number of benzene rings is 2. The second kappa shape index (κ2) is 6.99. The molecule has 4 heteroatoms. The number of halogens is 1. The molecule has 0 amide bonds. The molecule has 1 spiro atoms. The molecule has 132 valence electrons. The lowest BCUT2D eigenvalue weighted by Crippen LogP contribution is -2.48. The Labute approximate surface area is 154 Å². The van der Waals surface area contributed by atoms with Gasteiger partial charge in [0.25, 0.3) is 0 Å². The summed E-state index contributed by atoms with van der Waals surface area (Å²) in [5.41, 5.74) is 2.31. The summed E-state index contributed by atoms with van der Waals surface area (Å²) >= 11 is 6.25. The van der Waals surface area contributed by atoms with Gasteiger partial charge in [0, 0.05) is 16.5 Å². The predicted molar refractivity (Wildman–Crippen MR) is 100 cm³/mol. The minimum absolute atomic E-state index is 0.155. The van der Waals surface area contributed by atoms with E-state index in [1.165, 1.54) is 5.56 Å². The van der Waals surface area contributed by atoms with Gasteiger partial charge in [-0.3, -0.25) is 0 Å². The fourth-order valence-corrected chi connectivity index (χ4v) is 4.61. The van der Waals surface area contributed by atoms with Crippen LogP contribution in [-0.2, 0) is 4.74 Å². The van der Waals surface area contributed by atoms with Gasteiger partial charge in [-0.15, -0.1) is 0 Å². The van der Waals surface area contributed by atoms with Crippen molar-refractivity contribution >= 4 is 11.6 Å². The molecule has 2 aliphatic rings. The second-order valence-electron chi connectivity index (χ2n) is 7.06. The highest BCUT2D eigenvalue weighted by atomic mass is 35.5. The van der Waals surface area contributed by atoms with Gasteiger partial charge in [0.05, 0.1) is 25.4 Å². The van der Waals surface area contributed by atoms with Gasteiger partial charge < -0.3 is 14.8 Å². The quantitative estimate of drug-likeness (QED) is 0.862. The number of methoxy groups -OCH3 is 1. The van der Waals surface area contributed by atoms with Crippen LogP contribution in [0.5, 0.6) is 5.75 Å². The zero-order valence-corrected chi connectivity index (χ0v) is 15.3. The van der Waals surface area contributed by atoms with Crippen LogP contribution in [0.3, 0.4) is 0 Å². The highest BCUT2D eigenvalue weighted by molar-refractivity contribution is 6.30. The smallest absolute Gasteiger partial charge is 0.122 e. The maximum absolute atomic E-state index is 6.49. The Bertz CT molecular complexity index is 736. The molecule has 2 aromatic carbocycles. The molecule has 0 radical (unpaired) electrons. The standard InChI is InChI=1S/C21H24ClNO2/c1-24-19-9-8-17(22)12-18(19)16-13-21(25-14-16)10-5-11-23-20(21)15-6-3-2-4-7-15/h2-4,6-9,12,16,20,23H,5,10-11,13-14H2,1H3/t16-,20-,21+/m0/s1. The summed E-state index contributed by atoms with van der Waals surface area (Å²) in [7, 11) is 1.72. The highest BCUT2D eigenvalue weighted by Crippen LogP contribution is 2.49. The zero-order chi connectivity index (χ0) is 17.3. The third-order valence-corrected chi connectivity index (χ3v) is 5.81. The lowest BCUT2D eigenvalue weighted by Gasteiger charge is -2.41. The SMILES string of the molecule is COc1ccc(Cl)cc1[C@@H]1CO[C@]2(CCCN[C@H]2c2ccccc2)C1. The van der Waals surface area contributed by atoms with E-state index >= 15 is 0 Å². The summed E-state index contributed by atoms with van der Waals surface area (Å²) in [6.45, 7) is 1.75. The minimum Gasteiger partial charge on any atom is -0.496 e. The number of nitrogens with one attached hydrogen (secondary N) is 1. The first kappa shape index (κ1) is 16.9. The zero-order valence-electron chi connectivity index (χ0n) is 14.5. The molecule has 2 aliphatic heterocycles. The van der Waals surface area contributed by atoms with Gasteiger partial charge in [0.1, 0.15) is 5.75 Å². The van der Waals surface area contributed by atoms with E-state index in [2.05, 4.69) is 35.6 Å². The van der Waals surface area contributed by atoms with E-state index in [0.717, 1.165) is 42.1 Å². The van der Waals surface area contributed by atoms with E-state index in [4.69, 9.17) is 21.1 Å². The van der Waals surface area contributed by atoms with Gasteiger partial charge in [-0.05, 0) is 49.6 Å². The van der Waals surface area contributed by atoms with Gasteiger partial charge in [-0.25, -0.2) is 0 Å². The van der Waals surface area contributed by atoms with Crippen molar-refractivity contribution < 1.29 is 9.47 Å². The van der Waals surface area contributed by atoms with Crippen molar-refractivity contribution in [3.05, 3.63) is 64.7 Å². The molecular weight excluding hydrogens is 334 g/mol. The maximum Gasteiger partial charge on any atom is 0.122 e. The van der Waals surface area contributed by atoms with Crippen molar-refractivity contribution in [2.24, 2.45) is 0 Å². The molecule has 0 unspecified atom stereocenters. The molecule has 3 nitrogen and oxygen atoms in total. The summed E-state index contributed by atoms with van der Waals surface area (Å²) in [5.74, 6) is 1.20. The van der Waals surface area contributed by atoms with E-state index in [1.54, 1.807) is 7.11 Å². The number of hydrogen-bond donors (Lipinski definition) is 1. The van der Waals surface area contributed by atoms with E-state index < -0.39 is 0 Å². The molecule has 0 bridgehead atoms. The van der Waals surface area contributed by atoms with E-state index in [0.29, 0.717) is 12.5 Å². The van der Waals surface area contributed by atoms with Crippen molar-refractivity contribution in [3.8, 4) is 5.75 Å². The lowest BCUT2D eigenvalue weighted by molar-refractivity contribution is -0.0484. The first-order chi connectivity index (χ1) is 12.2. The molecule has 4 rings (SSSR count). The van der Waals surface area contributed by atoms with Crippen molar-refractivity contribution in [1.29, 1.82) is 0 Å². The fourth-order valence-electron chi connectivity index (χ4n) is 4.43. The Morgan fingerprint density at radius 1 is 1.20 bits per heavy atom. The molecule has 0 saturated carbocycles. The lowest BCUT2D eigenvalue weighted by atomic mass is 9.77. The van der Waals surface area contributed by atoms with Gasteiger partial charge in [0.15, 0.2) is 0 Å². The van der Waals surface area contributed by atoms with Gasteiger partial charge >= 0.3 is 0 Å². The Hall–Kier alpha value is -1.55. The number of piperidine rings is 1. The average molecular weight is 358 g/mol. The van der Waals surface area contributed by atoms with Gasteiger partial charge in [-0.1, -0.05) is 41.9 Å². The Morgan fingerprint density at radius 2 is 2.04 bits per heavy atom. The molecule has 3 atom stereocenters.